The number of benzene rings is 2. The molecule has 0 aliphatic heterocycles. The number of aromatic carboxylic acids is 1. The fraction of sp³-hybridized carbons (Fsp3) is 0.235. The van der Waals surface area contributed by atoms with Crippen LogP contribution in [0.25, 0.3) is 0 Å². The van der Waals surface area contributed by atoms with Gasteiger partial charge in [-0.15, -0.1) is 0 Å². The van der Waals surface area contributed by atoms with Crippen LogP contribution in [0.4, 0.5) is 5.69 Å². The van der Waals surface area contributed by atoms with Gasteiger partial charge >= 0.3 is 5.97 Å². The van der Waals surface area contributed by atoms with E-state index in [-0.39, 0.29) is 6.04 Å². The lowest BCUT2D eigenvalue weighted by atomic mass is 9.96. The molecule has 0 spiro atoms. The summed E-state index contributed by atoms with van der Waals surface area (Å²) in [7, 11) is 0. The van der Waals surface area contributed by atoms with Crippen LogP contribution in [-0.4, -0.2) is 11.1 Å². The van der Waals surface area contributed by atoms with Gasteiger partial charge in [-0.3, -0.25) is 0 Å². The minimum absolute atomic E-state index is 0.00898. The molecule has 0 aliphatic rings. The number of nitrogens with one attached hydrogen (secondary N) is 1. The second-order valence-electron chi connectivity index (χ2n) is 4.74. The Bertz CT molecular complexity index is 566. The Labute approximate surface area is 119 Å². The number of carboxylic acids is 1. The minimum atomic E-state index is -0.878. The maximum Gasteiger partial charge on any atom is 0.336 e. The Morgan fingerprint density at radius 2 is 1.75 bits per heavy atom. The highest BCUT2D eigenvalue weighted by Gasteiger charge is 2.17. The SMILES string of the molecule is CCCC(Nc1ccccc1)c1ccccc1C(=O)O. The van der Waals surface area contributed by atoms with Gasteiger partial charge in [-0.25, -0.2) is 4.79 Å². The van der Waals surface area contributed by atoms with Crippen LogP contribution in [0.5, 0.6) is 0 Å². The van der Waals surface area contributed by atoms with Gasteiger partial charge < -0.3 is 10.4 Å². The van der Waals surface area contributed by atoms with Crippen LogP contribution < -0.4 is 5.32 Å². The molecule has 0 fully saturated rings. The van der Waals surface area contributed by atoms with Crippen molar-refractivity contribution in [2.45, 2.75) is 25.8 Å². The molecule has 1 atom stereocenters. The predicted molar refractivity (Wildman–Crippen MR) is 81.1 cm³/mol. The summed E-state index contributed by atoms with van der Waals surface area (Å²) in [5.41, 5.74) is 2.21. The topological polar surface area (TPSA) is 49.3 Å². The zero-order valence-electron chi connectivity index (χ0n) is 11.5. The molecule has 0 radical (unpaired) electrons. The molecule has 2 rings (SSSR count). The summed E-state index contributed by atoms with van der Waals surface area (Å²) in [6, 6.07) is 17.1. The molecule has 3 heteroatoms. The van der Waals surface area contributed by atoms with Gasteiger partial charge in [0.05, 0.1) is 11.6 Å². The molecule has 104 valence electrons. The number of rotatable bonds is 6. The van der Waals surface area contributed by atoms with Gasteiger partial charge in [-0.05, 0) is 30.2 Å². The van der Waals surface area contributed by atoms with Crippen molar-refractivity contribution >= 4 is 11.7 Å². The highest BCUT2D eigenvalue weighted by molar-refractivity contribution is 5.89. The molecule has 1 unspecified atom stereocenters. The first-order valence-corrected chi connectivity index (χ1v) is 6.86. The van der Waals surface area contributed by atoms with E-state index < -0.39 is 5.97 Å². The second-order valence-corrected chi connectivity index (χ2v) is 4.74. The normalized spacial score (nSPS) is 11.8. The predicted octanol–water partition coefficient (Wildman–Crippen LogP) is 4.34. The van der Waals surface area contributed by atoms with Crippen molar-refractivity contribution in [1.82, 2.24) is 0 Å². The van der Waals surface area contributed by atoms with E-state index in [1.165, 1.54) is 0 Å². The highest BCUT2D eigenvalue weighted by Crippen LogP contribution is 2.26. The molecule has 2 N–H and O–H groups in total. The Morgan fingerprint density at radius 1 is 1.10 bits per heavy atom. The molecular weight excluding hydrogens is 250 g/mol. The summed E-state index contributed by atoms with van der Waals surface area (Å²) in [6.45, 7) is 2.10. The molecule has 0 saturated carbocycles. The van der Waals surface area contributed by atoms with Crippen molar-refractivity contribution < 1.29 is 9.90 Å². The number of para-hydroxylation sites is 1. The molecule has 0 bridgehead atoms. The summed E-state index contributed by atoms with van der Waals surface area (Å²) in [4.78, 5) is 11.4. The van der Waals surface area contributed by atoms with E-state index in [9.17, 15) is 9.90 Å². The molecule has 2 aromatic rings. The first-order chi connectivity index (χ1) is 9.72. The van der Waals surface area contributed by atoms with Crippen LogP contribution in [0, 0.1) is 0 Å². The van der Waals surface area contributed by atoms with Crippen LogP contribution in [0.3, 0.4) is 0 Å². The van der Waals surface area contributed by atoms with Crippen LogP contribution in [0.2, 0.25) is 0 Å². The molecule has 0 amide bonds. The van der Waals surface area contributed by atoms with E-state index in [1.807, 2.05) is 42.5 Å². The van der Waals surface area contributed by atoms with Gasteiger partial charge in [-0.1, -0.05) is 49.7 Å². The molecule has 2 aromatic carbocycles. The third-order valence-electron chi connectivity index (χ3n) is 3.26. The molecule has 0 saturated heterocycles. The van der Waals surface area contributed by atoms with E-state index in [4.69, 9.17) is 0 Å². The number of anilines is 1. The van der Waals surface area contributed by atoms with Crippen LogP contribution in [0.1, 0.15) is 41.7 Å². The average Bonchev–Trinajstić information content (AvgIpc) is 2.48. The maximum atomic E-state index is 11.4. The quantitative estimate of drug-likeness (QED) is 0.820. The van der Waals surface area contributed by atoms with Gasteiger partial charge in [0.2, 0.25) is 0 Å². The van der Waals surface area contributed by atoms with Gasteiger partial charge in [-0.2, -0.15) is 0 Å². The monoisotopic (exact) mass is 269 g/mol. The van der Waals surface area contributed by atoms with Crippen LogP contribution in [0.15, 0.2) is 54.6 Å². The first-order valence-electron chi connectivity index (χ1n) is 6.86. The van der Waals surface area contributed by atoms with E-state index in [0.29, 0.717) is 5.56 Å². The lowest BCUT2D eigenvalue weighted by Gasteiger charge is -2.21. The van der Waals surface area contributed by atoms with Crippen LogP contribution in [-0.2, 0) is 0 Å². The maximum absolute atomic E-state index is 11.4. The van der Waals surface area contributed by atoms with Crippen LogP contribution >= 0.6 is 0 Å². The molecule has 0 heterocycles. The van der Waals surface area contributed by atoms with E-state index in [2.05, 4.69) is 12.2 Å². The Hall–Kier alpha value is -2.29. The Balaban J connectivity index is 2.31. The minimum Gasteiger partial charge on any atom is -0.478 e. The molecule has 3 nitrogen and oxygen atoms in total. The van der Waals surface area contributed by atoms with Gasteiger partial charge in [0.25, 0.3) is 0 Å². The zero-order chi connectivity index (χ0) is 14.4. The fourth-order valence-electron chi connectivity index (χ4n) is 2.33. The van der Waals surface area contributed by atoms with E-state index in [1.54, 1.807) is 12.1 Å². The molecule has 0 aromatic heterocycles. The number of carboxylic acid groups (broad SMARTS) is 1. The number of hydrogen-bond acceptors (Lipinski definition) is 2. The smallest absolute Gasteiger partial charge is 0.336 e. The van der Waals surface area contributed by atoms with Gasteiger partial charge in [0.1, 0.15) is 0 Å². The highest BCUT2D eigenvalue weighted by atomic mass is 16.4. The lowest BCUT2D eigenvalue weighted by molar-refractivity contribution is 0.0695. The van der Waals surface area contributed by atoms with Gasteiger partial charge in [0.15, 0.2) is 0 Å². The summed E-state index contributed by atoms with van der Waals surface area (Å²) in [6.07, 6.45) is 1.87. The number of carbonyl (C=O) groups is 1. The molecule has 20 heavy (non-hydrogen) atoms. The lowest BCUT2D eigenvalue weighted by Crippen LogP contribution is -2.14. The second kappa shape index (κ2) is 6.75. The van der Waals surface area contributed by atoms with E-state index >= 15 is 0 Å². The summed E-state index contributed by atoms with van der Waals surface area (Å²) in [5, 5.41) is 12.7. The summed E-state index contributed by atoms with van der Waals surface area (Å²) < 4.78 is 0. The van der Waals surface area contributed by atoms with E-state index in [0.717, 1.165) is 24.1 Å². The largest absolute Gasteiger partial charge is 0.478 e. The van der Waals surface area contributed by atoms with Crippen molar-refractivity contribution in [3.05, 3.63) is 65.7 Å². The van der Waals surface area contributed by atoms with Crippen molar-refractivity contribution in [2.75, 3.05) is 5.32 Å². The third-order valence-corrected chi connectivity index (χ3v) is 3.26. The Kier molecular flexibility index (Phi) is 4.77. The molecule has 0 aliphatic carbocycles. The average molecular weight is 269 g/mol. The third kappa shape index (κ3) is 3.38. The zero-order valence-corrected chi connectivity index (χ0v) is 11.5. The summed E-state index contributed by atoms with van der Waals surface area (Å²) in [5.74, 6) is -0.878. The standard InChI is InChI=1S/C17H19NO2/c1-2-8-16(18-13-9-4-3-5-10-13)14-11-6-7-12-15(14)17(19)20/h3-7,9-12,16,18H,2,8H2,1H3,(H,19,20). The Morgan fingerprint density at radius 3 is 2.40 bits per heavy atom. The fourth-order valence-corrected chi connectivity index (χ4v) is 2.33. The van der Waals surface area contributed by atoms with Crippen molar-refractivity contribution in [3.63, 3.8) is 0 Å². The van der Waals surface area contributed by atoms with Crippen molar-refractivity contribution in [3.8, 4) is 0 Å². The number of hydrogen-bond donors (Lipinski definition) is 2. The summed E-state index contributed by atoms with van der Waals surface area (Å²) >= 11 is 0. The van der Waals surface area contributed by atoms with Crippen molar-refractivity contribution in [2.24, 2.45) is 0 Å². The first kappa shape index (κ1) is 14.1. The van der Waals surface area contributed by atoms with Crippen molar-refractivity contribution in [1.29, 1.82) is 0 Å². The molecular formula is C17H19NO2. The van der Waals surface area contributed by atoms with Gasteiger partial charge in [0, 0.05) is 5.69 Å².